The zero-order valence-corrected chi connectivity index (χ0v) is 12.4. The molecule has 1 rings (SSSR count). The monoisotopic (exact) mass is 254 g/mol. The second-order valence-corrected chi connectivity index (χ2v) is 5.29. The number of nitrogens with one attached hydrogen (secondary N) is 1. The molecule has 1 fully saturated rings. The summed E-state index contributed by atoms with van der Waals surface area (Å²) >= 11 is 0. The summed E-state index contributed by atoms with van der Waals surface area (Å²) in [6.45, 7) is 15.6. The minimum Gasteiger partial charge on any atom is -0.379 e. The van der Waals surface area contributed by atoms with Gasteiger partial charge >= 0.3 is 0 Å². The van der Waals surface area contributed by atoms with Gasteiger partial charge < -0.3 is 10.1 Å². The summed E-state index contributed by atoms with van der Waals surface area (Å²) in [6.07, 6.45) is 5.44. The van der Waals surface area contributed by atoms with Crippen molar-refractivity contribution in [1.29, 1.82) is 0 Å². The predicted octanol–water partition coefficient (Wildman–Crippen LogP) is 2.43. The molecule has 3 heteroatoms. The smallest absolute Gasteiger partial charge is 0.0594 e. The van der Waals surface area contributed by atoms with Crippen LogP contribution in [-0.2, 0) is 4.74 Å². The van der Waals surface area contributed by atoms with Gasteiger partial charge in [-0.05, 0) is 32.7 Å². The molecule has 1 N–H and O–H groups in total. The third kappa shape index (κ3) is 3.81. The van der Waals surface area contributed by atoms with Crippen LogP contribution in [0.3, 0.4) is 0 Å². The number of rotatable bonds is 8. The Bertz CT molecular complexity index is 239. The minimum atomic E-state index is 0.225. The van der Waals surface area contributed by atoms with Crippen LogP contribution >= 0.6 is 0 Å². The van der Waals surface area contributed by atoms with Crippen LogP contribution in [0.4, 0.5) is 0 Å². The first-order valence-electron chi connectivity index (χ1n) is 7.36. The Hall–Kier alpha value is -0.380. The molecule has 0 aliphatic carbocycles. The number of morpholine rings is 1. The summed E-state index contributed by atoms with van der Waals surface area (Å²) in [5.41, 5.74) is 0.225. The average molecular weight is 254 g/mol. The van der Waals surface area contributed by atoms with Crippen molar-refractivity contribution in [2.24, 2.45) is 0 Å². The van der Waals surface area contributed by atoms with Gasteiger partial charge in [-0.25, -0.2) is 0 Å². The van der Waals surface area contributed by atoms with E-state index in [1.807, 2.05) is 6.08 Å². The van der Waals surface area contributed by atoms with E-state index in [2.05, 4.69) is 37.6 Å². The van der Waals surface area contributed by atoms with Gasteiger partial charge in [0.05, 0.1) is 13.2 Å². The molecule has 3 nitrogen and oxygen atoms in total. The Morgan fingerprint density at radius 1 is 1.39 bits per heavy atom. The molecular formula is C15H30N2O. The van der Waals surface area contributed by atoms with Crippen LogP contribution in [0, 0.1) is 0 Å². The quantitative estimate of drug-likeness (QED) is 0.673. The van der Waals surface area contributed by atoms with Gasteiger partial charge in [-0.15, -0.1) is 6.58 Å². The van der Waals surface area contributed by atoms with Crippen LogP contribution in [0.5, 0.6) is 0 Å². The molecule has 0 radical (unpaired) electrons. The highest BCUT2D eigenvalue weighted by molar-refractivity contribution is 4.97. The van der Waals surface area contributed by atoms with E-state index in [-0.39, 0.29) is 5.54 Å². The highest BCUT2D eigenvalue weighted by Gasteiger charge is 2.37. The Balaban J connectivity index is 2.74. The number of hydrogen-bond donors (Lipinski definition) is 1. The van der Waals surface area contributed by atoms with Crippen molar-refractivity contribution in [1.82, 2.24) is 10.2 Å². The Labute approximate surface area is 113 Å². The first-order chi connectivity index (χ1) is 8.69. The fraction of sp³-hybridized carbons (Fsp3) is 0.867. The molecule has 2 atom stereocenters. The predicted molar refractivity (Wildman–Crippen MR) is 78.0 cm³/mol. The summed E-state index contributed by atoms with van der Waals surface area (Å²) in [6, 6.07) is 0.531. The summed E-state index contributed by atoms with van der Waals surface area (Å²) in [7, 11) is 0. The first kappa shape index (κ1) is 15.7. The van der Waals surface area contributed by atoms with Crippen molar-refractivity contribution in [3.8, 4) is 0 Å². The number of ether oxygens (including phenoxy) is 1. The van der Waals surface area contributed by atoms with Gasteiger partial charge in [0.25, 0.3) is 0 Å². The van der Waals surface area contributed by atoms with E-state index in [1.165, 1.54) is 12.8 Å². The van der Waals surface area contributed by atoms with Crippen molar-refractivity contribution >= 4 is 0 Å². The van der Waals surface area contributed by atoms with E-state index >= 15 is 0 Å². The number of hydrogen-bond acceptors (Lipinski definition) is 3. The third-order valence-corrected chi connectivity index (χ3v) is 4.31. The molecule has 2 unspecified atom stereocenters. The van der Waals surface area contributed by atoms with Crippen LogP contribution in [0.25, 0.3) is 0 Å². The zero-order valence-electron chi connectivity index (χ0n) is 12.4. The minimum absolute atomic E-state index is 0.225. The molecule has 1 heterocycles. The van der Waals surface area contributed by atoms with Gasteiger partial charge in [0.15, 0.2) is 0 Å². The first-order valence-corrected chi connectivity index (χ1v) is 7.36. The fourth-order valence-corrected chi connectivity index (χ4v) is 2.93. The summed E-state index contributed by atoms with van der Waals surface area (Å²) in [4.78, 5) is 2.60. The Morgan fingerprint density at radius 2 is 2.06 bits per heavy atom. The summed E-state index contributed by atoms with van der Waals surface area (Å²) in [5, 5.41) is 3.68. The second kappa shape index (κ2) is 7.93. The van der Waals surface area contributed by atoms with E-state index in [0.29, 0.717) is 6.04 Å². The second-order valence-electron chi connectivity index (χ2n) is 5.29. The maximum absolute atomic E-state index is 5.48. The largest absolute Gasteiger partial charge is 0.379 e. The normalized spacial score (nSPS) is 22.4. The SMILES string of the molecule is C=CCCC(NCC)C(C)(CC)N1CCOCC1. The van der Waals surface area contributed by atoms with Crippen LogP contribution in [0.1, 0.15) is 40.0 Å². The lowest BCUT2D eigenvalue weighted by atomic mass is 9.84. The molecule has 0 aromatic rings. The standard InChI is InChI=1S/C15H30N2O/c1-5-8-9-14(16-7-3)15(4,6-2)17-10-12-18-13-11-17/h5,14,16H,1,6-13H2,2-4H3. The van der Waals surface area contributed by atoms with Crippen LogP contribution in [0.15, 0.2) is 12.7 Å². The molecule has 0 spiro atoms. The van der Waals surface area contributed by atoms with Crippen LogP contribution in [0.2, 0.25) is 0 Å². The maximum atomic E-state index is 5.48. The van der Waals surface area contributed by atoms with Gasteiger partial charge in [0.1, 0.15) is 0 Å². The molecule has 1 saturated heterocycles. The summed E-state index contributed by atoms with van der Waals surface area (Å²) in [5.74, 6) is 0. The van der Waals surface area contributed by atoms with E-state index < -0.39 is 0 Å². The molecule has 1 aliphatic heterocycles. The molecule has 106 valence electrons. The van der Waals surface area contributed by atoms with E-state index in [9.17, 15) is 0 Å². The van der Waals surface area contributed by atoms with Crippen molar-refractivity contribution in [3.05, 3.63) is 12.7 Å². The molecule has 0 bridgehead atoms. The Morgan fingerprint density at radius 3 is 2.56 bits per heavy atom. The van der Waals surface area contributed by atoms with Gasteiger partial charge in [-0.3, -0.25) is 4.90 Å². The lowest BCUT2D eigenvalue weighted by Gasteiger charge is -2.48. The van der Waals surface area contributed by atoms with Gasteiger partial charge in [-0.1, -0.05) is 19.9 Å². The zero-order chi connectivity index (χ0) is 13.4. The van der Waals surface area contributed by atoms with E-state index in [4.69, 9.17) is 4.74 Å². The van der Waals surface area contributed by atoms with E-state index in [0.717, 1.165) is 39.3 Å². The summed E-state index contributed by atoms with van der Waals surface area (Å²) < 4.78 is 5.48. The lowest BCUT2D eigenvalue weighted by Crippen LogP contribution is -2.61. The van der Waals surface area contributed by atoms with Crippen molar-refractivity contribution in [3.63, 3.8) is 0 Å². The average Bonchev–Trinajstić information content (AvgIpc) is 2.43. The fourth-order valence-electron chi connectivity index (χ4n) is 2.93. The van der Waals surface area contributed by atoms with Crippen molar-refractivity contribution in [2.75, 3.05) is 32.8 Å². The van der Waals surface area contributed by atoms with Crippen molar-refractivity contribution < 1.29 is 4.74 Å². The van der Waals surface area contributed by atoms with Gasteiger partial charge in [-0.2, -0.15) is 0 Å². The molecule has 0 aromatic carbocycles. The van der Waals surface area contributed by atoms with Crippen LogP contribution in [-0.4, -0.2) is 49.3 Å². The van der Waals surface area contributed by atoms with Gasteiger partial charge in [0, 0.05) is 24.7 Å². The number of allylic oxidation sites excluding steroid dienone is 1. The molecule has 0 amide bonds. The van der Waals surface area contributed by atoms with Gasteiger partial charge in [0.2, 0.25) is 0 Å². The number of nitrogens with zero attached hydrogens (tertiary/aromatic N) is 1. The lowest BCUT2D eigenvalue weighted by molar-refractivity contribution is -0.0330. The topological polar surface area (TPSA) is 24.5 Å². The molecule has 1 aliphatic rings. The molecular weight excluding hydrogens is 224 g/mol. The van der Waals surface area contributed by atoms with E-state index in [1.54, 1.807) is 0 Å². The molecule has 0 saturated carbocycles. The number of likely N-dealkylation sites (N-methyl/N-ethyl adjacent to an activating group) is 1. The third-order valence-electron chi connectivity index (χ3n) is 4.31. The maximum Gasteiger partial charge on any atom is 0.0594 e. The van der Waals surface area contributed by atoms with Crippen LogP contribution < -0.4 is 5.32 Å². The highest BCUT2D eigenvalue weighted by atomic mass is 16.5. The molecule has 0 aromatic heterocycles. The Kier molecular flexibility index (Phi) is 6.90. The highest BCUT2D eigenvalue weighted by Crippen LogP contribution is 2.27. The molecule has 18 heavy (non-hydrogen) atoms. The van der Waals surface area contributed by atoms with Crippen molar-refractivity contribution in [2.45, 2.75) is 51.6 Å².